The third-order valence-corrected chi connectivity index (χ3v) is 2.32. The first kappa shape index (κ1) is 10.5. The topological polar surface area (TPSA) is 48.7 Å². The smallest absolute Gasteiger partial charge is 0.101 e. The maximum Gasteiger partial charge on any atom is 0.101 e. The summed E-state index contributed by atoms with van der Waals surface area (Å²) in [6.07, 6.45) is 3.21. The van der Waals surface area contributed by atoms with E-state index in [1.54, 1.807) is 30.6 Å². The summed E-state index contributed by atoms with van der Waals surface area (Å²) in [5.41, 5.74) is 2.12. The summed E-state index contributed by atoms with van der Waals surface area (Å²) >= 11 is 5.78. The van der Waals surface area contributed by atoms with Gasteiger partial charge in [0.05, 0.1) is 17.4 Å². The first-order valence-corrected chi connectivity index (χ1v) is 5.04. The SMILES string of the molecule is N#Cc1ccncc1Nc1ccc(Cl)cc1. The fourth-order valence-electron chi connectivity index (χ4n) is 1.28. The molecular weight excluding hydrogens is 222 g/mol. The highest BCUT2D eigenvalue weighted by molar-refractivity contribution is 6.30. The Balaban J connectivity index is 2.27. The minimum atomic E-state index is 0.560. The maximum atomic E-state index is 8.90. The van der Waals surface area contributed by atoms with Gasteiger partial charge in [0.2, 0.25) is 0 Å². The molecule has 1 aromatic heterocycles. The lowest BCUT2D eigenvalue weighted by molar-refractivity contribution is 1.30. The average Bonchev–Trinajstić information content (AvgIpc) is 2.33. The van der Waals surface area contributed by atoms with E-state index in [2.05, 4.69) is 16.4 Å². The van der Waals surface area contributed by atoms with Crippen LogP contribution < -0.4 is 5.32 Å². The van der Waals surface area contributed by atoms with Crippen LogP contribution in [0.5, 0.6) is 0 Å². The molecule has 2 rings (SSSR count). The van der Waals surface area contributed by atoms with E-state index in [0.29, 0.717) is 16.3 Å². The summed E-state index contributed by atoms with van der Waals surface area (Å²) in [6.45, 7) is 0. The molecule has 78 valence electrons. The van der Waals surface area contributed by atoms with Gasteiger partial charge >= 0.3 is 0 Å². The Morgan fingerprint density at radius 1 is 1.19 bits per heavy atom. The van der Waals surface area contributed by atoms with Crippen LogP contribution in [0.3, 0.4) is 0 Å². The van der Waals surface area contributed by atoms with E-state index >= 15 is 0 Å². The van der Waals surface area contributed by atoms with Crippen molar-refractivity contribution in [3.05, 3.63) is 53.3 Å². The molecular formula is C12H8ClN3. The van der Waals surface area contributed by atoms with Crippen LogP contribution in [-0.2, 0) is 0 Å². The molecule has 0 aliphatic carbocycles. The molecule has 0 fully saturated rings. The van der Waals surface area contributed by atoms with E-state index in [0.717, 1.165) is 5.69 Å². The van der Waals surface area contributed by atoms with Crippen molar-refractivity contribution in [1.82, 2.24) is 4.98 Å². The second-order valence-corrected chi connectivity index (χ2v) is 3.60. The fourth-order valence-corrected chi connectivity index (χ4v) is 1.41. The number of hydrogen-bond acceptors (Lipinski definition) is 3. The minimum absolute atomic E-state index is 0.560. The molecule has 0 amide bonds. The molecule has 2 aromatic rings. The minimum Gasteiger partial charge on any atom is -0.353 e. The van der Waals surface area contributed by atoms with Crippen molar-refractivity contribution in [2.45, 2.75) is 0 Å². The maximum absolute atomic E-state index is 8.90. The summed E-state index contributed by atoms with van der Waals surface area (Å²) in [5.74, 6) is 0. The molecule has 0 bridgehead atoms. The molecule has 0 unspecified atom stereocenters. The summed E-state index contributed by atoms with van der Waals surface area (Å²) in [7, 11) is 0. The molecule has 1 heterocycles. The molecule has 0 aliphatic rings. The third kappa shape index (κ3) is 2.30. The molecule has 0 saturated carbocycles. The highest BCUT2D eigenvalue weighted by atomic mass is 35.5. The van der Waals surface area contributed by atoms with Crippen LogP contribution in [0.25, 0.3) is 0 Å². The highest BCUT2D eigenvalue weighted by Crippen LogP contribution is 2.20. The zero-order chi connectivity index (χ0) is 11.4. The van der Waals surface area contributed by atoms with Gasteiger partial charge in [0.25, 0.3) is 0 Å². The third-order valence-electron chi connectivity index (χ3n) is 2.06. The lowest BCUT2D eigenvalue weighted by atomic mass is 10.2. The number of nitrogens with one attached hydrogen (secondary N) is 1. The van der Waals surface area contributed by atoms with E-state index in [1.165, 1.54) is 0 Å². The van der Waals surface area contributed by atoms with E-state index in [-0.39, 0.29) is 0 Å². The molecule has 0 aliphatic heterocycles. The highest BCUT2D eigenvalue weighted by Gasteiger charge is 2.01. The molecule has 0 atom stereocenters. The van der Waals surface area contributed by atoms with Crippen molar-refractivity contribution in [1.29, 1.82) is 5.26 Å². The van der Waals surface area contributed by atoms with Gasteiger partial charge in [-0.2, -0.15) is 5.26 Å². The summed E-state index contributed by atoms with van der Waals surface area (Å²) < 4.78 is 0. The molecule has 1 N–H and O–H groups in total. The quantitative estimate of drug-likeness (QED) is 0.859. The number of rotatable bonds is 2. The zero-order valence-corrected chi connectivity index (χ0v) is 9.07. The van der Waals surface area contributed by atoms with Crippen molar-refractivity contribution >= 4 is 23.0 Å². The summed E-state index contributed by atoms with van der Waals surface area (Å²) in [6, 6.07) is 11.0. The lowest BCUT2D eigenvalue weighted by Gasteiger charge is -2.06. The van der Waals surface area contributed by atoms with Gasteiger partial charge in [-0.1, -0.05) is 11.6 Å². The molecule has 16 heavy (non-hydrogen) atoms. The van der Waals surface area contributed by atoms with E-state index in [9.17, 15) is 0 Å². The second kappa shape index (κ2) is 4.65. The van der Waals surface area contributed by atoms with Crippen LogP contribution in [0.1, 0.15) is 5.56 Å². The second-order valence-electron chi connectivity index (χ2n) is 3.16. The van der Waals surface area contributed by atoms with Crippen molar-refractivity contribution in [2.24, 2.45) is 0 Å². The van der Waals surface area contributed by atoms with Crippen LogP contribution in [0.2, 0.25) is 5.02 Å². The molecule has 3 nitrogen and oxygen atoms in total. The number of halogens is 1. The van der Waals surface area contributed by atoms with Crippen LogP contribution in [0.4, 0.5) is 11.4 Å². The molecule has 0 radical (unpaired) electrons. The van der Waals surface area contributed by atoms with Crippen molar-refractivity contribution < 1.29 is 0 Å². The van der Waals surface area contributed by atoms with Gasteiger partial charge in [0, 0.05) is 16.9 Å². The van der Waals surface area contributed by atoms with Gasteiger partial charge in [-0.3, -0.25) is 4.98 Å². The number of hydrogen-bond donors (Lipinski definition) is 1. The normalized spacial score (nSPS) is 9.50. The van der Waals surface area contributed by atoms with Crippen LogP contribution >= 0.6 is 11.6 Å². The average molecular weight is 230 g/mol. The first-order valence-electron chi connectivity index (χ1n) is 4.66. The van der Waals surface area contributed by atoms with Gasteiger partial charge in [0.1, 0.15) is 6.07 Å². The Bertz CT molecular complexity index is 529. The van der Waals surface area contributed by atoms with Crippen LogP contribution in [0.15, 0.2) is 42.7 Å². The first-order chi connectivity index (χ1) is 7.79. The predicted molar refractivity (Wildman–Crippen MR) is 63.7 cm³/mol. The molecule has 4 heteroatoms. The van der Waals surface area contributed by atoms with Gasteiger partial charge in [-0.25, -0.2) is 0 Å². The predicted octanol–water partition coefficient (Wildman–Crippen LogP) is 3.35. The number of aromatic nitrogens is 1. The molecule has 0 spiro atoms. The summed E-state index contributed by atoms with van der Waals surface area (Å²) in [4.78, 5) is 3.97. The number of anilines is 2. The molecule has 1 aromatic carbocycles. The largest absolute Gasteiger partial charge is 0.353 e. The van der Waals surface area contributed by atoms with Crippen molar-refractivity contribution in [3.63, 3.8) is 0 Å². The van der Waals surface area contributed by atoms with Gasteiger partial charge < -0.3 is 5.32 Å². The van der Waals surface area contributed by atoms with E-state index in [1.807, 2.05) is 12.1 Å². The number of benzene rings is 1. The Morgan fingerprint density at radius 2 is 1.94 bits per heavy atom. The fraction of sp³-hybridized carbons (Fsp3) is 0. The number of nitriles is 1. The Morgan fingerprint density at radius 3 is 2.62 bits per heavy atom. The Hall–Kier alpha value is -2.05. The Labute approximate surface area is 98.3 Å². The van der Waals surface area contributed by atoms with Gasteiger partial charge in [0.15, 0.2) is 0 Å². The van der Waals surface area contributed by atoms with Gasteiger partial charge in [-0.05, 0) is 30.3 Å². The standard InChI is InChI=1S/C12H8ClN3/c13-10-1-3-11(4-2-10)16-12-8-15-6-5-9(12)7-14/h1-6,8,16H. The molecule has 0 saturated heterocycles. The van der Waals surface area contributed by atoms with Crippen molar-refractivity contribution in [2.75, 3.05) is 5.32 Å². The number of nitrogens with zero attached hydrogens (tertiary/aromatic N) is 2. The monoisotopic (exact) mass is 229 g/mol. The summed E-state index contributed by atoms with van der Waals surface area (Å²) in [5, 5.41) is 12.7. The lowest BCUT2D eigenvalue weighted by Crippen LogP contribution is -1.93. The Kier molecular flexibility index (Phi) is 3.04. The van der Waals surface area contributed by atoms with Crippen LogP contribution in [-0.4, -0.2) is 4.98 Å². The van der Waals surface area contributed by atoms with Gasteiger partial charge in [-0.15, -0.1) is 0 Å². The van der Waals surface area contributed by atoms with E-state index in [4.69, 9.17) is 16.9 Å². The van der Waals surface area contributed by atoms with E-state index < -0.39 is 0 Å². The van der Waals surface area contributed by atoms with Crippen molar-refractivity contribution in [3.8, 4) is 6.07 Å². The number of pyridine rings is 1. The van der Waals surface area contributed by atoms with Crippen LogP contribution in [0, 0.1) is 11.3 Å². The zero-order valence-electron chi connectivity index (χ0n) is 8.31.